The van der Waals surface area contributed by atoms with Gasteiger partial charge in [0, 0.05) is 18.7 Å². The average molecular weight is 508 g/mol. The van der Waals surface area contributed by atoms with Gasteiger partial charge in [-0.25, -0.2) is 4.39 Å². The van der Waals surface area contributed by atoms with Crippen LogP contribution in [0.25, 0.3) is 0 Å². The van der Waals surface area contributed by atoms with Crippen LogP contribution in [0.5, 0.6) is 5.75 Å². The van der Waals surface area contributed by atoms with E-state index in [1.807, 2.05) is 18.4 Å². The fourth-order valence-corrected chi connectivity index (χ4v) is 3.99. The van der Waals surface area contributed by atoms with Crippen molar-refractivity contribution in [3.05, 3.63) is 69.2 Å². The molecular formula is C22H23ClFN5O4S. The SMILES string of the molecule is CC(C)Cn1c(SCC(=O)Nc2cc([N+](=O)[O-])ccc2Cl)nnc1C(C)Oc1ccccc1F. The Hall–Kier alpha value is -3.18. The highest BCUT2D eigenvalue weighted by molar-refractivity contribution is 7.99. The molecule has 1 unspecified atom stereocenters. The average Bonchev–Trinajstić information content (AvgIpc) is 3.17. The highest BCUT2D eigenvalue weighted by Crippen LogP contribution is 2.29. The van der Waals surface area contributed by atoms with Crippen LogP contribution >= 0.6 is 23.4 Å². The number of carbonyl (C=O) groups excluding carboxylic acids is 1. The number of halogens is 2. The third kappa shape index (κ3) is 6.45. The molecule has 3 aromatic rings. The van der Waals surface area contributed by atoms with Crippen LogP contribution in [0.1, 0.15) is 32.7 Å². The summed E-state index contributed by atoms with van der Waals surface area (Å²) in [6.07, 6.45) is -0.588. The Balaban J connectivity index is 1.73. The third-order valence-electron chi connectivity index (χ3n) is 4.56. The molecule has 0 aliphatic carbocycles. The van der Waals surface area contributed by atoms with Gasteiger partial charge in [-0.15, -0.1) is 10.2 Å². The molecule has 0 aliphatic heterocycles. The number of thioether (sulfide) groups is 1. The first-order valence-corrected chi connectivity index (χ1v) is 11.7. The number of benzene rings is 2. The number of hydrogen-bond acceptors (Lipinski definition) is 7. The Bertz CT molecular complexity index is 1190. The summed E-state index contributed by atoms with van der Waals surface area (Å²) in [5, 5.41) is 22.7. The summed E-state index contributed by atoms with van der Waals surface area (Å²) >= 11 is 7.20. The molecule has 0 bridgehead atoms. The van der Waals surface area contributed by atoms with E-state index in [0.717, 1.165) is 11.8 Å². The van der Waals surface area contributed by atoms with E-state index >= 15 is 0 Å². The van der Waals surface area contributed by atoms with Gasteiger partial charge in [0.15, 0.2) is 28.7 Å². The number of nitrogens with one attached hydrogen (secondary N) is 1. The lowest BCUT2D eigenvalue weighted by Crippen LogP contribution is -2.17. The van der Waals surface area contributed by atoms with Crippen LogP contribution < -0.4 is 10.1 Å². The molecule has 12 heteroatoms. The van der Waals surface area contributed by atoms with Gasteiger partial charge in [-0.2, -0.15) is 0 Å². The smallest absolute Gasteiger partial charge is 0.271 e. The second kappa shape index (κ2) is 11.3. The number of hydrogen-bond donors (Lipinski definition) is 1. The van der Waals surface area contributed by atoms with Crippen LogP contribution in [0.4, 0.5) is 15.8 Å². The van der Waals surface area contributed by atoms with Gasteiger partial charge in [0.1, 0.15) is 0 Å². The Labute approximate surface area is 204 Å². The summed E-state index contributed by atoms with van der Waals surface area (Å²) in [7, 11) is 0. The van der Waals surface area contributed by atoms with Crippen molar-refractivity contribution < 1.29 is 18.8 Å². The van der Waals surface area contributed by atoms with Crippen LogP contribution in [0, 0.1) is 21.8 Å². The summed E-state index contributed by atoms with van der Waals surface area (Å²) in [6.45, 7) is 6.36. The van der Waals surface area contributed by atoms with Crippen molar-refractivity contribution in [3.8, 4) is 5.75 Å². The number of amides is 1. The molecule has 2 aromatic carbocycles. The number of nitro benzene ring substituents is 1. The number of ether oxygens (including phenoxy) is 1. The van der Waals surface area contributed by atoms with E-state index in [1.165, 1.54) is 30.3 Å². The van der Waals surface area contributed by atoms with Gasteiger partial charge >= 0.3 is 0 Å². The van der Waals surface area contributed by atoms with Gasteiger partial charge in [-0.3, -0.25) is 14.9 Å². The number of carbonyl (C=O) groups is 1. The largest absolute Gasteiger partial charge is 0.480 e. The van der Waals surface area contributed by atoms with Crippen LogP contribution in [-0.2, 0) is 11.3 Å². The summed E-state index contributed by atoms with van der Waals surface area (Å²) in [5.41, 5.74) is -0.0322. The minimum atomic E-state index is -0.588. The Morgan fingerprint density at radius 2 is 2.00 bits per heavy atom. The highest BCUT2D eigenvalue weighted by atomic mass is 35.5. The monoisotopic (exact) mass is 507 g/mol. The molecule has 0 aliphatic rings. The maximum atomic E-state index is 14.0. The lowest BCUT2D eigenvalue weighted by Gasteiger charge is -2.18. The summed E-state index contributed by atoms with van der Waals surface area (Å²) in [4.78, 5) is 22.9. The normalized spacial score (nSPS) is 11.9. The van der Waals surface area contributed by atoms with E-state index in [2.05, 4.69) is 15.5 Å². The highest BCUT2D eigenvalue weighted by Gasteiger charge is 2.22. The lowest BCUT2D eigenvalue weighted by atomic mass is 10.2. The van der Waals surface area contributed by atoms with E-state index in [9.17, 15) is 19.3 Å². The molecule has 1 amide bonds. The molecule has 180 valence electrons. The number of para-hydroxylation sites is 1. The summed E-state index contributed by atoms with van der Waals surface area (Å²) < 4.78 is 21.6. The fraction of sp³-hybridized carbons (Fsp3) is 0.318. The number of anilines is 1. The quantitative estimate of drug-likeness (QED) is 0.219. The van der Waals surface area contributed by atoms with Crippen molar-refractivity contribution in [1.29, 1.82) is 0 Å². The fourth-order valence-electron chi connectivity index (χ4n) is 3.07. The standard InChI is InChI=1S/C22H23ClFN5O4S/c1-13(2)11-28-21(14(3)33-19-7-5-4-6-17(19)24)26-27-22(28)34-12-20(30)25-18-10-15(29(31)32)8-9-16(18)23/h4-10,13-14H,11-12H2,1-3H3,(H,25,30). The Morgan fingerprint density at radius 3 is 2.68 bits per heavy atom. The zero-order valence-electron chi connectivity index (χ0n) is 18.7. The molecule has 0 saturated carbocycles. The zero-order valence-corrected chi connectivity index (χ0v) is 20.3. The number of aromatic nitrogens is 3. The van der Waals surface area contributed by atoms with Gasteiger partial charge in [-0.1, -0.05) is 49.3 Å². The minimum absolute atomic E-state index is 0.0300. The van der Waals surface area contributed by atoms with Crippen molar-refractivity contribution in [3.63, 3.8) is 0 Å². The molecule has 0 saturated heterocycles. The molecule has 0 radical (unpaired) electrons. The van der Waals surface area contributed by atoms with Crippen LogP contribution in [-0.4, -0.2) is 31.3 Å². The van der Waals surface area contributed by atoms with Crippen LogP contribution in [0.15, 0.2) is 47.6 Å². The van der Waals surface area contributed by atoms with Gasteiger partial charge < -0.3 is 14.6 Å². The maximum Gasteiger partial charge on any atom is 0.271 e. The van der Waals surface area contributed by atoms with E-state index in [4.69, 9.17) is 16.3 Å². The molecule has 3 rings (SSSR count). The number of rotatable bonds is 10. The molecule has 0 spiro atoms. The first-order valence-electron chi connectivity index (χ1n) is 10.4. The van der Waals surface area contributed by atoms with Crippen LogP contribution in [0.3, 0.4) is 0 Å². The number of nitrogens with zero attached hydrogens (tertiary/aromatic N) is 4. The van der Waals surface area contributed by atoms with E-state index < -0.39 is 22.8 Å². The number of non-ortho nitro benzene ring substituents is 1. The van der Waals surface area contributed by atoms with Gasteiger partial charge in [0.2, 0.25) is 5.91 Å². The Morgan fingerprint density at radius 1 is 1.26 bits per heavy atom. The molecule has 1 N–H and O–H groups in total. The van der Waals surface area contributed by atoms with E-state index in [0.29, 0.717) is 17.5 Å². The van der Waals surface area contributed by atoms with Crippen molar-refractivity contribution in [2.45, 2.75) is 38.6 Å². The maximum absolute atomic E-state index is 14.0. The second-order valence-electron chi connectivity index (χ2n) is 7.79. The summed E-state index contributed by atoms with van der Waals surface area (Å²) in [5.74, 6) is -0.0675. The first kappa shape index (κ1) is 25.4. The molecule has 34 heavy (non-hydrogen) atoms. The van der Waals surface area contributed by atoms with Gasteiger partial charge in [-0.05, 0) is 31.0 Å². The molecule has 1 atom stereocenters. The third-order valence-corrected chi connectivity index (χ3v) is 5.86. The van der Waals surface area contributed by atoms with Crippen molar-refractivity contribution >= 4 is 40.6 Å². The lowest BCUT2D eigenvalue weighted by molar-refractivity contribution is -0.384. The van der Waals surface area contributed by atoms with Gasteiger partial charge in [0.05, 0.1) is 21.4 Å². The van der Waals surface area contributed by atoms with Crippen molar-refractivity contribution in [2.24, 2.45) is 5.92 Å². The number of nitro groups is 1. The Kier molecular flexibility index (Phi) is 8.46. The van der Waals surface area contributed by atoms with E-state index in [-0.39, 0.29) is 33.8 Å². The van der Waals surface area contributed by atoms with Crippen molar-refractivity contribution in [1.82, 2.24) is 14.8 Å². The summed E-state index contributed by atoms with van der Waals surface area (Å²) in [6, 6.07) is 9.92. The molecule has 1 aromatic heterocycles. The molecular weight excluding hydrogens is 485 g/mol. The van der Waals surface area contributed by atoms with Crippen LogP contribution in [0.2, 0.25) is 5.02 Å². The predicted molar refractivity (Wildman–Crippen MR) is 128 cm³/mol. The predicted octanol–water partition coefficient (Wildman–Crippen LogP) is 5.51. The van der Waals surface area contributed by atoms with Crippen molar-refractivity contribution in [2.75, 3.05) is 11.1 Å². The van der Waals surface area contributed by atoms with Gasteiger partial charge in [0.25, 0.3) is 5.69 Å². The minimum Gasteiger partial charge on any atom is -0.480 e. The van der Waals surface area contributed by atoms with E-state index in [1.54, 1.807) is 19.1 Å². The first-order chi connectivity index (χ1) is 16.2. The zero-order chi connectivity index (χ0) is 24.8. The second-order valence-corrected chi connectivity index (χ2v) is 9.14. The molecule has 1 heterocycles. The molecule has 9 nitrogen and oxygen atoms in total. The molecule has 0 fully saturated rings. The topological polar surface area (TPSA) is 112 Å².